The number of ether oxygens (including phenoxy) is 1. The van der Waals surface area contributed by atoms with Crippen LogP contribution in [0.15, 0.2) is 47.4 Å². The molecule has 0 aliphatic heterocycles. The maximum absolute atomic E-state index is 12.0. The van der Waals surface area contributed by atoms with Gasteiger partial charge in [0.25, 0.3) is 10.0 Å². The fourth-order valence-electron chi connectivity index (χ4n) is 2.38. The highest BCUT2D eigenvalue weighted by Crippen LogP contribution is 2.22. The van der Waals surface area contributed by atoms with Gasteiger partial charge in [-0.05, 0) is 61.4 Å². The first kappa shape index (κ1) is 21.7. The van der Waals surface area contributed by atoms with Gasteiger partial charge < -0.3 is 10.1 Å². The summed E-state index contributed by atoms with van der Waals surface area (Å²) in [6.07, 6.45) is 0.765. The van der Waals surface area contributed by atoms with Crippen molar-refractivity contribution in [2.24, 2.45) is 0 Å². The minimum absolute atomic E-state index is 0.0626. The highest BCUT2D eigenvalue weighted by Gasteiger charge is 2.15. The molecule has 0 aromatic heterocycles. The van der Waals surface area contributed by atoms with Gasteiger partial charge in [-0.2, -0.15) is 0 Å². The van der Waals surface area contributed by atoms with E-state index in [1.807, 2.05) is 11.6 Å². The topological polar surface area (TPSA) is 102 Å². The Balaban J connectivity index is 1.80. The van der Waals surface area contributed by atoms with E-state index in [1.54, 1.807) is 18.2 Å². The van der Waals surface area contributed by atoms with Crippen molar-refractivity contribution in [3.63, 3.8) is 0 Å². The molecular weight excluding hydrogens is 404 g/mol. The van der Waals surface area contributed by atoms with Gasteiger partial charge in [0.15, 0.2) is 0 Å². The average Bonchev–Trinajstić information content (AvgIpc) is 2.59. The number of amides is 2. The summed E-state index contributed by atoms with van der Waals surface area (Å²) in [5.41, 5.74) is 1.38. The molecule has 0 bridgehead atoms. The van der Waals surface area contributed by atoms with Crippen molar-refractivity contribution < 1.29 is 22.7 Å². The fraction of sp³-hybridized carbons (Fsp3) is 0.263. The van der Waals surface area contributed by atoms with E-state index in [2.05, 4.69) is 5.32 Å². The third kappa shape index (κ3) is 6.54. The zero-order valence-corrected chi connectivity index (χ0v) is 17.1. The molecule has 0 fully saturated rings. The van der Waals surface area contributed by atoms with E-state index in [-0.39, 0.29) is 17.2 Å². The number of rotatable bonds is 8. The third-order valence-corrected chi connectivity index (χ3v) is 5.35. The van der Waals surface area contributed by atoms with Gasteiger partial charge in [-0.15, -0.1) is 0 Å². The molecule has 0 saturated carbocycles. The van der Waals surface area contributed by atoms with Crippen LogP contribution in [0, 0.1) is 6.92 Å². The van der Waals surface area contributed by atoms with Crippen LogP contribution in [0.2, 0.25) is 5.02 Å². The first-order chi connectivity index (χ1) is 13.2. The van der Waals surface area contributed by atoms with Gasteiger partial charge in [0.05, 0.1) is 11.5 Å². The number of halogens is 1. The van der Waals surface area contributed by atoms with Crippen LogP contribution < -0.4 is 14.8 Å². The zero-order valence-electron chi connectivity index (χ0n) is 15.5. The predicted molar refractivity (Wildman–Crippen MR) is 107 cm³/mol. The number of carbonyl (C=O) groups is 2. The van der Waals surface area contributed by atoms with E-state index in [4.69, 9.17) is 16.3 Å². The predicted octanol–water partition coefficient (Wildman–Crippen LogP) is 3.27. The molecule has 2 amide bonds. The van der Waals surface area contributed by atoms with E-state index in [1.165, 1.54) is 24.3 Å². The van der Waals surface area contributed by atoms with Gasteiger partial charge in [0.2, 0.25) is 11.8 Å². The summed E-state index contributed by atoms with van der Waals surface area (Å²) in [6.45, 7) is 3.39. The summed E-state index contributed by atoms with van der Waals surface area (Å²) in [7, 11) is -3.89. The number of anilines is 1. The second kappa shape index (κ2) is 9.57. The number of nitrogens with one attached hydrogen (secondary N) is 2. The fourth-order valence-corrected chi connectivity index (χ4v) is 3.60. The Morgan fingerprint density at radius 1 is 1.11 bits per heavy atom. The molecular formula is C19H21ClN2O5S. The molecule has 2 aromatic carbocycles. The van der Waals surface area contributed by atoms with Crippen LogP contribution in [-0.4, -0.2) is 26.8 Å². The minimum atomic E-state index is -3.89. The maximum atomic E-state index is 12.0. The average molecular weight is 425 g/mol. The van der Waals surface area contributed by atoms with Gasteiger partial charge in [-0.3, -0.25) is 9.59 Å². The summed E-state index contributed by atoms with van der Waals surface area (Å²) in [5.74, 6) is -0.164. The number of aryl methyl sites for hydroxylation is 1. The summed E-state index contributed by atoms with van der Waals surface area (Å²) in [6, 6.07) is 10.9. The number of benzene rings is 2. The van der Waals surface area contributed by atoms with Gasteiger partial charge in [0, 0.05) is 24.1 Å². The molecule has 2 rings (SSSR count). The second-order valence-corrected chi connectivity index (χ2v) is 8.21. The third-order valence-electron chi connectivity index (χ3n) is 3.67. The molecule has 0 aliphatic rings. The number of sulfonamides is 1. The van der Waals surface area contributed by atoms with Gasteiger partial charge in [-0.25, -0.2) is 13.1 Å². The molecule has 0 heterocycles. The monoisotopic (exact) mass is 424 g/mol. The van der Waals surface area contributed by atoms with Crippen LogP contribution in [-0.2, 0) is 19.6 Å². The quantitative estimate of drug-likeness (QED) is 0.633. The van der Waals surface area contributed by atoms with Crippen LogP contribution >= 0.6 is 11.6 Å². The van der Waals surface area contributed by atoms with Crippen molar-refractivity contribution in [2.45, 2.75) is 31.6 Å². The normalized spacial score (nSPS) is 11.0. The van der Waals surface area contributed by atoms with Crippen molar-refractivity contribution in [1.82, 2.24) is 4.72 Å². The Morgan fingerprint density at radius 2 is 1.79 bits per heavy atom. The van der Waals surface area contributed by atoms with Crippen LogP contribution in [0.25, 0.3) is 0 Å². The van der Waals surface area contributed by atoms with Gasteiger partial charge in [-0.1, -0.05) is 11.6 Å². The number of hydrogen-bond acceptors (Lipinski definition) is 5. The van der Waals surface area contributed by atoms with Crippen molar-refractivity contribution >= 4 is 39.1 Å². The lowest BCUT2D eigenvalue weighted by molar-refractivity contribution is -0.117. The molecule has 9 heteroatoms. The summed E-state index contributed by atoms with van der Waals surface area (Å²) < 4.78 is 31.3. The Labute approximate surface area is 169 Å². The molecule has 2 N–H and O–H groups in total. The Kier molecular flexibility index (Phi) is 7.42. The van der Waals surface area contributed by atoms with E-state index < -0.39 is 15.9 Å². The molecule has 0 unspecified atom stereocenters. The molecule has 0 saturated heterocycles. The standard InChI is InChI=1S/C19H21ClN2O5S/c1-13-12-15(20)5-10-18(13)27-11-3-4-19(24)21-16-6-8-17(9-7-16)28(25,26)22-14(2)23/h5-10,12H,3-4,11H2,1-2H3,(H,21,24)(H,22,23). The van der Waals surface area contributed by atoms with E-state index in [0.29, 0.717) is 23.7 Å². The molecule has 0 radical (unpaired) electrons. The molecule has 7 nitrogen and oxygen atoms in total. The smallest absolute Gasteiger partial charge is 0.264 e. The van der Waals surface area contributed by atoms with Crippen LogP contribution in [0.1, 0.15) is 25.3 Å². The molecule has 28 heavy (non-hydrogen) atoms. The zero-order chi connectivity index (χ0) is 20.7. The van der Waals surface area contributed by atoms with Gasteiger partial charge >= 0.3 is 0 Å². The summed E-state index contributed by atoms with van der Waals surface area (Å²) in [4.78, 5) is 22.9. The first-order valence-electron chi connectivity index (χ1n) is 8.49. The van der Waals surface area contributed by atoms with E-state index in [0.717, 1.165) is 18.2 Å². The van der Waals surface area contributed by atoms with Gasteiger partial charge in [0.1, 0.15) is 5.75 Å². The Morgan fingerprint density at radius 3 is 2.39 bits per heavy atom. The number of hydrogen-bond donors (Lipinski definition) is 2. The SMILES string of the molecule is CC(=O)NS(=O)(=O)c1ccc(NC(=O)CCCOc2ccc(Cl)cc2C)cc1. The molecule has 0 aliphatic carbocycles. The largest absolute Gasteiger partial charge is 0.493 e. The molecule has 0 atom stereocenters. The second-order valence-electron chi connectivity index (χ2n) is 6.10. The highest BCUT2D eigenvalue weighted by atomic mass is 35.5. The maximum Gasteiger partial charge on any atom is 0.264 e. The van der Waals surface area contributed by atoms with Crippen molar-refractivity contribution in [1.29, 1.82) is 0 Å². The lowest BCUT2D eigenvalue weighted by Gasteiger charge is -2.10. The number of carbonyl (C=O) groups excluding carboxylic acids is 2. The van der Waals surface area contributed by atoms with Crippen LogP contribution in [0.4, 0.5) is 5.69 Å². The molecule has 150 valence electrons. The summed E-state index contributed by atoms with van der Waals surface area (Å²) in [5, 5.41) is 3.32. The lowest BCUT2D eigenvalue weighted by atomic mass is 10.2. The molecule has 2 aromatic rings. The summed E-state index contributed by atoms with van der Waals surface area (Å²) >= 11 is 5.89. The van der Waals surface area contributed by atoms with Crippen LogP contribution in [0.3, 0.4) is 0 Å². The molecule has 0 spiro atoms. The van der Waals surface area contributed by atoms with Crippen molar-refractivity contribution in [3.8, 4) is 5.75 Å². The Hall–Kier alpha value is -2.58. The van der Waals surface area contributed by atoms with E-state index >= 15 is 0 Å². The first-order valence-corrected chi connectivity index (χ1v) is 10.4. The lowest BCUT2D eigenvalue weighted by Crippen LogP contribution is -2.28. The Bertz CT molecular complexity index is 959. The van der Waals surface area contributed by atoms with E-state index in [9.17, 15) is 18.0 Å². The van der Waals surface area contributed by atoms with Crippen molar-refractivity contribution in [2.75, 3.05) is 11.9 Å². The highest BCUT2D eigenvalue weighted by molar-refractivity contribution is 7.90. The van der Waals surface area contributed by atoms with Crippen molar-refractivity contribution in [3.05, 3.63) is 53.1 Å². The van der Waals surface area contributed by atoms with Crippen LogP contribution in [0.5, 0.6) is 5.75 Å². The minimum Gasteiger partial charge on any atom is -0.493 e.